The number of rotatable bonds is 8. The summed E-state index contributed by atoms with van der Waals surface area (Å²) in [7, 11) is 1.57. The Morgan fingerprint density at radius 3 is 2.75 bits per heavy atom. The highest BCUT2D eigenvalue weighted by Crippen LogP contribution is 2.36. The van der Waals surface area contributed by atoms with E-state index in [1.165, 1.54) is 17.0 Å². The molecule has 3 atom stereocenters. The number of dihydropyridines is 1. The van der Waals surface area contributed by atoms with Crippen LogP contribution < -0.4 is 4.90 Å². The van der Waals surface area contributed by atoms with Gasteiger partial charge in [0, 0.05) is 31.8 Å². The lowest BCUT2D eigenvalue weighted by Crippen LogP contribution is -2.47. The van der Waals surface area contributed by atoms with Gasteiger partial charge < -0.3 is 9.64 Å². The minimum absolute atomic E-state index is 0.108. The zero-order chi connectivity index (χ0) is 29.0. The summed E-state index contributed by atoms with van der Waals surface area (Å²) in [4.78, 5) is 41.9. The van der Waals surface area contributed by atoms with Crippen LogP contribution >= 0.6 is 11.6 Å². The van der Waals surface area contributed by atoms with Crippen LogP contribution in [0.1, 0.15) is 32.8 Å². The molecule has 4 rings (SSSR count). The van der Waals surface area contributed by atoms with Crippen molar-refractivity contribution in [3.63, 3.8) is 0 Å². The molecule has 1 saturated heterocycles. The van der Waals surface area contributed by atoms with Crippen molar-refractivity contribution in [1.29, 1.82) is 0 Å². The topological polar surface area (TPSA) is 87.5 Å². The molecular formula is C30H33ClFN5O3. The van der Waals surface area contributed by atoms with Gasteiger partial charge in [0.15, 0.2) is 0 Å². The van der Waals surface area contributed by atoms with E-state index >= 15 is 0 Å². The average molecular weight is 566 g/mol. The molecule has 0 bridgehead atoms. The molecule has 10 heteroatoms. The second-order valence-corrected chi connectivity index (χ2v) is 10.5. The summed E-state index contributed by atoms with van der Waals surface area (Å²) in [5.74, 6) is -0.137. The number of halogens is 2. The second kappa shape index (κ2) is 12.6. The number of nitrogens with zero attached hydrogens (tertiary/aromatic N) is 5. The molecule has 3 heterocycles. The molecule has 2 aliphatic heterocycles. The molecular weight excluding hydrogens is 533 g/mol. The molecule has 40 heavy (non-hydrogen) atoms. The van der Waals surface area contributed by atoms with Crippen LogP contribution in [0, 0.1) is 11.7 Å². The van der Waals surface area contributed by atoms with Crippen LogP contribution in [0.3, 0.4) is 0 Å². The lowest BCUT2D eigenvalue weighted by Gasteiger charge is -2.37. The van der Waals surface area contributed by atoms with Crippen molar-refractivity contribution in [3.8, 4) is 11.3 Å². The van der Waals surface area contributed by atoms with E-state index in [-0.39, 0.29) is 52.0 Å². The number of likely N-dealkylation sites (tertiary alicyclic amines) is 1. The number of benzene rings is 1. The summed E-state index contributed by atoms with van der Waals surface area (Å²) in [6.07, 6.45) is 5.84. The standard InChI is InChI=1S/C30H33ClFN5O3/c1-6-25(39)36-14-12-20(16-36)40-30(33-5)22-15-23(31)27(21-9-7-8-10-24(21)32)35-29(22)37(17-38)28-19(4)11-13-34-26(28)18(2)3/h6-11,13,15,17-18,20,26,28H,1,12,14,16H2,2-5H3. The maximum atomic E-state index is 14.9. The van der Waals surface area contributed by atoms with Gasteiger partial charge in [-0.1, -0.05) is 44.2 Å². The van der Waals surface area contributed by atoms with Gasteiger partial charge in [0.25, 0.3) is 0 Å². The quantitative estimate of drug-likeness (QED) is 0.193. The maximum absolute atomic E-state index is 14.9. The first-order valence-electron chi connectivity index (χ1n) is 13.1. The molecule has 8 nitrogen and oxygen atoms in total. The third kappa shape index (κ3) is 5.84. The number of hydrogen-bond donors (Lipinski definition) is 0. The van der Waals surface area contributed by atoms with Crippen LogP contribution in [0.4, 0.5) is 10.2 Å². The number of anilines is 1. The Hall–Kier alpha value is -3.85. The zero-order valence-corrected chi connectivity index (χ0v) is 23.8. The first-order valence-corrected chi connectivity index (χ1v) is 13.5. The van der Waals surface area contributed by atoms with E-state index in [0.29, 0.717) is 31.5 Å². The molecule has 1 aromatic carbocycles. The number of pyridine rings is 1. The molecule has 1 fully saturated rings. The van der Waals surface area contributed by atoms with Crippen molar-refractivity contribution in [2.75, 3.05) is 25.0 Å². The molecule has 0 radical (unpaired) electrons. The fraction of sp³-hybridized carbons (Fsp3) is 0.367. The highest BCUT2D eigenvalue weighted by Gasteiger charge is 2.36. The number of hydrogen-bond acceptors (Lipinski definition) is 6. The van der Waals surface area contributed by atoms with Gasteiger partial charge >= 0.3 is 0 Å². The first kappa shape index (κ1) is 29.1. The van der Waals surface area contributed by atoms with Gasteiger partial charge in [0.2, 0.25) is 18.2 Å². The van der Waals surface area contributed by atoms with Gasteiger partial charge in [-0.2, -0.15) is 0 Å². The predicted molar refractivity (Wildman–Crippen MR) is 157 cm³/mol. The maximum Gasteiger partial charge on any atom is 0.246 e. The Labute approximate surface area is 238 Å². The zero-order valence-electron chi connectivity index (χ0n) is 23.1. The Morgan fingerprint density at radius 2 is 2.10 bits per heavy atom. The van der Waals surface area contributed by atoms with Crippen LogP contribution in [-0.2, 0) is 14.3 Å². The van der Waals surface area contributed by atoms with E-state index in [0.717, 1.165) is 5.57 Å². The Bertz CT molecular complexity index is 1390. The summed E-state index contributed by atoms with van der Waals surface area (Å²) in [5.41, 5.74) is 1.68. The van der Waals surface area contributed by atoms with Crippen molar-refractivity contribution in [1.82, 2.24) is 9.88 Å². The normalized spacial score (nSPS) is 20.9. The summed E-state index contributed by atoms with van der Waals surface area (Å²) in [6, 6.07) is 7.09. The molecule has 1 aromatic heterocycles. The van der Waals surface area contributed by atoms with Crippen molar-refractivity contribution in [2.45, 2.75) is 45.4 Å². The van der Waals surface area contributed by atoms with Crippen LogP contribution in [0.15, 0.2) is 64.6 Å². The summed E-state index contributed by atoms with van der Waals surface area (Å²) < 4.78 is 21.2. The molecule has 0 N–H and O–H groups in total. The highest BCUT2D eigenvalue weighted by atomic mass is 35.5. The molecule has 2 aromatic rings. The Kier molecular flexibility index (Phi) is 9.14. The van der Waals surface area contributed by atoms with Crippen LogP contribution in [0.25, 0.3) is 11.3 Å². The molecule has 0 spiro atoms. The lowest BCUT2D eigenvalue weighted by atomic mass is 9.89. The summed E-state index contributed by atoms with van der Waals surface area (Å²) in [6.45, 7) is 10.4. The largest absolute Gasteiger partial charge is 0.472 e. The van der Waals surface area contributed by atoms with Crippen LogP contribution in [0.2, 0.25) is 5.02 Å². The highest BCUT2D eigenvalue weighted by molar-refractivity contribution is 6.33. The van der Waals surface area contributed by atoms with Crippen molar-refractivity contribution >= 4 is 41.8 Å². The second-order valence-electron chi connectivity index (χ2n) is 10.1. The number of aromatic nitrogens is 1. The van der Waals surface area contributed by atoms with Gasteiger partial charge in [-0.15, -0.1) is 0 Å². The van der Waals surface area contributed by atoms with Gasteiger partial charge in [-0.3, -0.25) is 24.5 Å². The molecule has 0 saturated carbocycles. The van der Waals surface area contributed by atoms with E-state index < -0.39 is 11.9 Å². The van der Waals surface area contributed by atoms with Crippen LogP contribution in [-0.4, -0.2) is 72.6 Å². The fourth-order valence-corrected chi connectivity index (χ4v) is 5.35. The monoisotopic (exact) mass is 565 g/mol. The van der Waals surface area contributed by atoms with Crippen LogP contribution in [0.5, 0.6) is 0 Å². The Balaban J connectivity index is 1.84. The number of aliphatic imine (C=N–C) groups is 2. The fourth-order valence-electron chi connectivity index (χ4n) is 5.10. The number of amides is 2. The summed E-state index contributed by atoms with van der Waals surface area (Å²) in [5, 5.41) is 0.170. The number of carbonyl (C=O) groups excluding carboxylic acids is 2. The van der Waals surface area contributed by atoms with Crippen molar-refractivity contribution < 1.29 is 18.7 Å². The van der Waals surface area contributed by atoms with E-state index in [1.54, 1.807) is 42.4 Å². The van der Waals surface area contributed by atoms with Gasteiger partial charge in [-0.05, 0) is 48.8 Å². The number of carbonyl (C=O) groups is 2. The SMILES string of the molecule is C=CC(=O)N1CCC(OC(=NC)c2cc(Cl)c(-c3ccccc3F)nc2N(C=O)C2C(C)=CC=NC2C(C)C)C1. The van der Waals surface area contributed by atoms with Gasteiger partial charge in [-0.25, -0.2) is 9.37 Å². The number of allylic oxidation sites excluding steroid dienone is 1. The smallest absolute Gasteiger partial charge is 0.246 e. The minimum Gasteiger partial charge on any atom is -0.472 e. The van der Waals surface area contributed by atoms with E-state index in [9.17, 15) is 14.0 Å². The van der Waals surface area contributed by atoms with Gasteiger partial charge in [0.05, 0.1) is 34.9 Å². The number of ether oxygens (including phenoxy) is 1. The first-order chi connectivity index (χ1) is 19.2. The van der Waals surface area contributed by atoms with E-state index in [1.807, 2.05) is 26.8 Å². The van der Waals surface area contributed by atoms with E-state index in [2.05, 4.69) is 16.6 Å². The van der Waals surface area contributed by atoms with E-state index in [4.69, 9.17) is 21.3 Å². The third-order valence-electron chi connectivity index (χ3n) is 7.15. The predicted octanol–water partition coefficient (Wildman–Crippen LogP) is 5.11. The van der Waals surface area contributed by atoms with Crippen molar-refractivity contribution in [2.24, 2.45) is 15.9 Å². The van der Waals surface area contributed by atoms with Gasteiger partial charge in [0.1, 0.15) is 17.7 Å². The van der Waals surface area contributed by atoms with Crippen molar-refractivity contribution in [3.05, 3.63) is 71.0 Å². The molecule has 0 aliphatic carbocycles. The molecule has 2 aliphatic rings. The molecule has 2 amide bonds. The molecule has 3 unspecified atom stereocenters. The Morgan fingerprint density at radius 1 is 1.35 bits per heavy atom. The summed E-state index contributed by atoms with van der Waals surface area (Å²) >= 11 is 6.71. The average Bonchev–Trinajstić information content (AvgIpc) is 3.42. The third-order valence-corrected chi connectivity index (χ3v) is 7.44. The molecule has 210 valence electrons. The lowest BCUT2D eigenvalue weighted by molar-refractivity contribution is -0.125. The minimum atomic E-state index is -0.495.